The molecule has 0 atom stereocenters. The lowest BCUT2D eigenvalue weighted by molar-refractivity contribution is 0.0665. The van der Waals surface area contributed by atoms with E-state index in [-0.39, 0.29) is 29.7 Å². The van der Waals surface area contributed by atoms with E-state index >= 15 is 0 Å². The molecule has 1 fully saturated rings. The molecule has 0 radical (unpaired) electrons. The molecule has 0 unspecified atom stereocenters. The first-order valence-corrected chi connectivity index (χ1v) is 9.69. The van der Waals surface area contributed by atoms with Crippen LogP contribution in [0.2, 0.25) is 0 Å². The summed E-state index contributed by atoms with van der Waals surface area (Å²) < 4.78 is 32.1. The van der Waals surface area contributed by atoms with Crippen LogP contribution in [0.15, 0.2) is 45.9 Å². The molecule has 1 aliphatic heterocycles. The molecule has 8 heteroatoms. The molecule has 2 aromatic rings. The zero-order valence-corrected chi connectivity index (χ0v) is 15.5. The molecule has 138 valence electrons. The largest absolute Gasteiger partial charge is 0.459 e. The van der Waals surface area contributed by atoms with Crippen LogP contribution in [0.25, 0.3) is 0 Å². The van der Waals surface area contributed by atoms with E-state index in [1.165, 1.54) is 41.8 Å². The van der Waals surface area contributed by atoms with Crippen LogP contribution in [0.1, 0.15) is 33.4 Å². The van der Waals surface area contributed by atoms with Gasteiger partial charge in [-0.1, -0.05) is 12.1 Å². The minimum absolute atomic E-state index is 0.116. The van der Waals surface area contributed by atoms with Crippen molar-refractivity contribution in [3.63, 3.8) is 0 Å². The van der Waals surface area contributed by atoms with Crippen molar-refractivity contribution < 1.29 is 22.4 Å². The highest BCUT2D eigenvalue weighted by molar-refractivity contribution is 7.89. The van der Waals surface area contributed by atoms with Gasteiger partial charge in [-0.3, -0.25) is 9.59 Å². The average Bonchev–Trinajstić information content (AvgIpc) is 3.07. The van der Waals surface area contributed by atoms with Gasteiger partial charge in [0.05, 0.1) is 11.2 Å². The van der Waals surface area contributed by atoms with E-state index in [1.54, 1.807) is 17.9 Å². The van der Waals surface area contributed by atoms with Crippen molar-refractivity contribution in [1.82, 2.24) is 9.21 Å². The summed E-state index contributed by atoms with van der Waals surface area (Å²) in [5, 5.41) is 0. The number of hydrogen-bond donors (Lipinski definition) is 0. The molecule has 0 aliphatic carbocycles. The fraction of sp³-hybridized carbons (Fsp3) is 0.333. The van der Waals surface area contributed by atoms with Gasteiger partial charge in [0.1, 0.15) is 0 Å². The standard InChI is InChI=1S/C18H20N2O5S/c1-13-7-12-25-17(13)18(22)19-8-10-20(11-9-19)26(23,24)16-5-3-15(4-6-16)14(2)21/h3-7,12H,8-11H2,1-2H3. The SMILES string of the molecule is CC(=O)c1ccc(S(=O)(=O)N2CCN(C(=O)c3occc3C)CC2)cc1. The summed E-state index contributed by atoms with van der Waals surface area (Å²) >= 11 is 0. The third-order valence-electron chi connectivity index (χ3n) is 4.48. The van der Waals surface area contributed by atoms with E-state index in [0.717, 1.165) is 5.56 Å². The lowest BCUT2D eigenvalue weighted by atomic mass is 10.2. The molecular formula is C18H20N2O5S. The first-order chi connectivity index (χ1) is 12.3. The van der Waals surface area contributed by atoms with Crippen LogP contribution < -0.4 is 0 Å². The number of benzene rings is 1. The van der Waals surface area contributed by atoms with E-state index in [9.17, 15) is 18.0 Å². The van der Waals surface area contributed by atoms with Gasteiger partial charge in [0.25, 0.3) is 5.91 Å². The van der Waals surface area contributed by atoms with Crippen LogP contribution in [0, 0.1) is 6.92 Å². The highest BCUT2D eigenvalue weighted by Gasteiger charge is 2.31. The third-order valence-corrected chi connectivity index (χ3v) is 6.39. The Bertz CT molecular complexity index is 923. The molecule has 0 saturated carbocycles. The number of amides is 1. The highest BCUT2D eigenvalue weighted by atomic mass is 32.2. The molecule has 1 amide bonds. The number of hydrogen-bond acceptors (Lipinski definition) is 5. The summed E-state index contributed by atoms with van der Waals surface area (Å²) in [6.45, 7) is 4.24. The predicted molar refractivity (Wildman–Crippen MR) is 94.6 cm³/mol. The van der Waals surface area contributed by atoms with E-state index in [2.05, 4.69) is 0 Å². The fourth-order valence-corrected chi connectivity index (χ4v) is 4.30. The quantitative estimate of drug-likeness (QED) is 0.761. The summed E-state index contributed by atoms with van der Waals surface area (Å²) in [6, 6.07) is 7.62. The van der Waals surface area contributed by atoms with Crippen LogP contribution in [0.5, 0.6) is 0 Å². The zero-order valence-electron chi connectivity index (χ0n) is 14.6. The van der Waals surface area contributed by atoms with Crippen LogP contribution in [-0.4, -0.2) is 55.5 Å². The van der Waals surface area contributed by atoms with Crippen molar-refractivity contribution in [2.45, 2.75) is 18.7 Å². The van der Waals surface area contributed by atoms with Gasteiger partial charge in [-0.25, -0.2) is 8.42 Å². The molecule has 1 aromatic carbocycles. The maximum absolute atomic E-state index is 12.7. The first-order valence-electron chi connectivity index (χ1n) is 8.25. The summed E-state index contributed by atoms with van der Waals surface area (Å²) in [6.07, 6.45) is 1.47. The number of sulfonamides is 1. The Balaban J connectivity index is 1.69. The number of carbonyl (C=O) groups is 2. The molecule has 3 rings (SSSR count). The van der Waals surface area contributed by atoms with Crippen LogP contribution in [-0.2, 0) is 10.0 Å². The molecule has 0 N–H and O–H groups in total. The van der Waals surface area contributed by atoms with Crippen molar-refractivity contribution in [3.05, 3.63) is 53.5 Å². The number of ketones is 1. The Morgan fingerprint density at radius 3 is 2.12 bits per heavy atom. The molecule has 1 saturated heterocycles. The van der Waals surface area contributed by atoms with Gasteiger partial charge in [-0.15, -0.1) is 0 Å². The Kier molecular flexibility index (Phi) is 4.97. The van der Waals surface area contributed by atoms with Gasteiger partial charge >= 0.3 is 0 Å². The number of Topliss-reactive ketones (excluding diaryl/α,β-unsaturated/α-hetero) is 1. The third kappa shape index (κ3) is 3.42. The Morgan fingerprint density at radius 1 is 1.00 bits per heavy atom. The molecule has 2 heterocycles. The van der Waals surface area contributed by atoms with Crippen molar-refractivity contribution in [1.29, 1.82) is 0 Å². The Morgan fingerprint density at radius 2 is 1.62 bits per heavy atom. The van der Waals surface area contributed by atoms with Crippen molar-refractivity contribution in [2.75, 3.05) is 26.2 Å². The second kappa shape index (κ2) is 7.05. The molecule has 1 aromatic heterocycles. The number of piperazine rings is 1. The molecule has 0 bridgehead atoms. The number of rotatable bonds is 4. The molecule has 1 aliphatic rings. The van der Waals surface area contributed by atoms with Gasteiger partial charge in [0, 0.05) is 37.3 Å². The second-order valence-corrected chi connectivity index (χ2v) is 8.15. The molecular weight excluding hydrogens is 356 g/mol. The van der Waals surface area contributed by atoms with Gasteiger partial charge in [-0.2, -0.15) is 4.31 Å². The summed E-state index contributed by atoms with van der Waals surface area (Å²) in [7, 11) is -3.65. The molecule has 0 spiro atoms. The van der Waals surface area contributed by atoms with E-state index in [0.29, 0.717) is 24.4 Å². The van der Waals surface area contributed by atoms with Gasteiger partial charge in [0.15, 0.2) is 11.5 Å². The van der Waals surface area contributed by atoms with Crippen molar-refractivity contribution in [3.8, 4) is 0 Å². The lowest BCUT2D eigenvalue weighted by Gasteiger charge is -2.33. The predicted octanol–water partition coefficient (Wildman–Crippen LogP) is 1.94. The average molecular weight is 376 g/mol. The first kappa shape index (κ1) is 18.3. The van der Waals surface area contributed by atoms with Crippen LogP contribution in [0.3, 0.4) is 0 Å². The highest BCUT2D eigenvalue weighted by Crippen LogP contribution is 2.20. The molecule has 7 nitrogen and oxygen atoms in total. The lowest BCUT2D eigenvalue weighted by Crippen LogP contribution is -2.50. The van der Waals surface area contributed by atoms with E-state index in [4.69, 9.17) is 4.42 Å². The van der Waals surface area contributed by atoms with Gasteiger partial charge < -0.3 is 9.32 Å². The topological polar surface area (TPSA) is 87.9 Å². The summed E-state index contributed by atoms with van der Waals surface area (Å²) in [5.74, 6) is -0.0502. The second-order valence-electron chi connectivity index (χ2n) is 6.21. The summed E-state index contributed by atoms with van der Waals surface area (Å²) in [5.41, 5.74) is 1.23. The van der Waals surface area contributed by atoms with Gasteiger partial charge in [-0.05, 0) is 32.0 Å². The Hall–Kier alpha value is -2.45. The Labute approximate surface area is 152 Å². The normalized spacial score (nSPS) is 15.8. The maximum atomic E-state index is 12.7. The van der Waals surface area contributed by atoms with E-state index in [1.807, 2.05) is 0 Å². The van der Waals surface area contributed by atoms with Crippen molar-refractivity contribution >= 4 is 21.7 Å². The number of carbonyl (C=O) groups excluding carboxylic acids is 2. The molecule has 26 heavy (non-hydrogen) atoms. The fourth-order valence-electron chi connectivity index (χ4n) is 2.88. The van der Waals surface area contributed by atoms with Crippen LogP contribution in [0.4, 0.5) is 0 Å². The number of nitrogens with zero attached hydrogens (tertiary/aromatic N) is 2. The van der Waals surface area contributed by atoms with E-state index < -0.39 is 10.0 Å². The smallest absolute Gasteiger partial charge is 0.289 e. The minimum atomic E-state index is -3.65. The zero-order chi connectivity index (χ0) is 18.9. The number of aryl methyl sites for hydroxylation is 1. The number of furan rings is 1. The van der Waals surface area contributed by atoms with Crippen LogP contribution >= 0.6 is 0 Å². The van der Waals surface area contributed by atoms with Gasteiger partial charge in [0.2, 0.25) is 10.0 Å². The summed E-state index contributed by atoms with van der Waals surface area (Å²) in [4.78, 5) is 25.5. The maximum Gasteiger partial charge on any atom is 0.289 e. The minimum Gasteiger partial charge on any atom is -0.459 e. The van der Waals surface area contributed by atoms with Crippen molar-refractivity contribution in [2.24, 2.45) is 0 Å². The monoisotopic (exact) mass is 376 g/mol.